The molecular formula is C8H18NaO3P. The number of hydrogen-bond donors (Lipinski definition) is 1. The second-order valence-corrected chi connectivity index (χ2v) is 3.57. The molecule has 13 heavy (non-hydrogen) atoms. The van der Waals surface area contributed by atoms with Crippen LogP contribution >= 0.6 is 8.60 Å². The van der Waals surface area contributed by atoms with Gasteiger partial charge in [-0.3, -0.25) is 0 Å². The first-order valence-corrected chi connectivity index (χ1v) is 5.69. The Balaban J connectivity index is 0. The Kier molecular flexibility index (Phi) is 17.1. The third-order valence-electron chi connectivity index (χ3n) is 1.70. The molecule has 0 aromatic heterocycles. The molecule has 0 saturated carbocycles. The summed E-state index contributed by atoms with van der Waals surface area (Å²) in [5.74, 6) is 0. The third-order valence-corrected chi connectivity index (χ3v) is 2.10. The van der Waals surface area contributed by atoms with Gasteiger partial charge in [-0.25, -0.2) is 0 Å². The number of hydrogen-bond acceptors (Lipinski definition) is 3. The second-order valence-electron chi connectivity index (χ2n) is 2.84. The molecule has 0 saturated heterocycles. The predicted octanol–water partition coefficient (Wildman–Crippen LogP) is -1.05. The first-order chi connectivity index (χ1) is 5.77. The molecule has 0 amide bonds. The summed E-state index contributed by atoms with van der Waals surface area (Å²) in [6.07, 6.45) is 7.00. The van der Waals surface area contributed by atoms with E-state index < -0.39 is 8.60 Å². The van der Waals surface area contributed by atoms with Crippen molar-refractivity contribution in [3.05, 3.63) is 0 Å². The Morgan fingerprint density at radius 1 is 1.15 bits per heavy atom. The minimum absolute atomic E-state index is 0. The Morgan fingerprint density at radius 3 is 2.23 bits per heavy atom. The molecule has 0 heterocycles. The predicted molar refractivity (Wildman–Crippen MR) is 48.5 cm³/mol. The molecule has 0 aliphatic heterocycles. The minimum atomic E-state index is -2.38. The molecule has 0 fully saturated rings. The molecule has 1 N–H and O–H groups in total. The first kappa shape index (κ1) is 16.7. The van der Waals surface area contributed by atoms with Crippen molar-refractivity contribution in [1.82, 2.24) is 0 Å². The van der Waals surface area contributed by atoms with E-state index in [4.69, 9.17) is 4.89 Å². The van der Waals surface area contributed by atoms with Crippen molar-refractivity contribution in [2.24, 2.45) is 0 Å². The molecule has 5 heteroatoms. The average Bonchev–Trinajstić information content (AvgIpc) is 2.02. The summed E-state index contributed by atoms with van der Waals surface area (Å²) < 4.78 is 4.51. The van der Waals surface area contributed by atoms with E-state index in [-0.39, 0.29) is 29.6 Å². The van der Waals surface area contributed by atoms with Crippen molar-refractivity contribution >= 4 is 8.60 Å². The van der Waals surface area contributed by atoms with Crippen LogP contribution in [0.1, 0.15) is 45.4 Å². The maximum Gasteiger partial charge on any atom is 1.00 e. The summed E-state index contributed by atoms with van der Waals surface area (Å²) in [6.45, 7) is 2.59. The fraction of sp³-hybridized carbons (Fsp3) is 1.00. The fourth-order valence-electron chi connectivity index (χ4n) is 1.03. The molecule has 1 unspecified atom stereocenters. The van der Waals surface area contributed by atoms with Gasteiger partial charge >= 0.3 is 29.6 Å². The van der Waals surface area contributed by atoms with Gasteiger partial charge in [0.05, 0.1) is 15.2 Å². The molecule has 0 aliphatic rings. The molecule has 0 aliphatic carbocycles. The van der Waals surface area contributed by atoms with Crippen LogP contribution in [0.3, 0.4) is 0 Å². The van der Waals surface area contributed by atoms with E-state index >= 15 is 0 Å². The zero-order valence-corrected chi connectivity index (χ0v) is 11.6. The van der Waals surface area contributed by atoms with Crippen LogP contribution in [0, 0.1) is 0 Å². The van der Waals surface area contributed by atoms with Gasteiger partial charge in [-0.2, -0.15) is 0 Å². The minimum Gasteiger partial charge on any atom is -0.786 e. The normalized spacial score (nSPS) is 12.2. The van der Waals surface area contributed by atoms with Gasteiger partial charge in [0.2, 0.25) is 0 Å². The topological polar surface area (TPSA) is 52.5 Å². The smallest absolute Gasteiger partial charge is 0.786 e. The Bertz CT molecular complexity index is 93.5. The molecular weight excluding hydrogens is 198 g/mol. The number of rotatable bonds is 8. The molecule has 3 nitrogen and oxygen atoms in total. The average molecular weight is 216 g/mol. The van der Waals surface area contributed by atoms with Gasteiger partial charge in [-0.05, 0) is 6.42 Å². The maximum absolute atomic E-state index is 10.1. The van der Waals surface area contributed by atoms with Crippen molar-refractivity contribution in [2.75, 3.05) is 6.61 Å². The Morgan fingerprint density at radius 2 is 1.69 bits per heavy atom. The van der Waals surface area contributed by atoms with Gasteiger partial charge in [0.1, 0.15) is 0 Å². The monoisotopic (exact) mass is 216 g/mol. The molecule has 0 bridgehead atoms. The molecule has 0 aromatic rings. The summed E-state index contributed by atoms with van der Waals surface area (Å²) in [7, 11) is -2.38. The summed E-state index contributed by atoms with van der Waals surface area (Å²) in [6, 6.07) is 0. The molecule has 0 aromatic carbocycles. The van der Waals surface area contributed by atoms with E-state index in [1.165, 1.54) is 25.7 Å². The quantitative estimate of drug-likeness (QED) is 0.320. The Labute approximate surface area is 104 Å². The largest absolute Gasteiger partial charge is 1.00 e. The van der Waals surface area contributed by atoms with Crippen LogP contribution in [0.25, 0.3) is 0 Å². The van der Waals surface area contributed by atoms with E-state index in [1.54, 1.807) is 0 Å². The third kappa shape index (κ3) is 16.0. The zero-order valence-electron chi connectivity index (χ0n) is 8.66. The van der Waals surface area contributed by atoms with Crippen LogP contribution in [0.2, 0.25) is 0 Å². The van der Waals surface area contributed by atoms with Gasteiger partial charge in [0.25, 0.3) is 0 Å². The molecule has 74 valence electrons. The standard InChI is InChI=1S/C8H18O3P.Na/c1-2-3-4-5-6-7-8-11-12(9)10;/h9H,2-8H2,1H3;/q-1;+1. The van der Waals surface area contributed by atoms with Crippen LogP contribution in [0.15, 0.2) is 0 Å². The van der Waals surface area contributed by atoms with E-state index in [2.05, 4.69) is 11.4 Å². The fourth-order valence-corrected chi connectivity index (χ4v) is 1.31. The van der Waals surface area contributed by atoms with Gasteiger partial charge in [-0.15, -0.1) is 0 Å². The van der Waals surface area contributed by atoms with Crippen molar-refractivity contribution in [3.63, 3.8) is 0 Å². The van der Waals surface area contributed by atoms with Crippen molar-refractivity contribution in [2.45, 2.75) is 45.4 Å². The summed E-state index contributed by atoms with van der Waals surface area (Å²) in [4.78, 5) is 18.3. The van der Waals surface area contributed by atoms with Crippen LogP contribution in [0.5, 0.6) is 0 Å². The van der Waals surface area contributed by atoms with Crippen molar-refractivity contribution in [1.29, 1.82) is 0 Å². The van der Waals surface area contributed by atoms with Crippen LogP contribution in [-0.2, 0) is 4.52 Å². The van der Waals surface area contributed by atoms with Crippen molar-refractivity contribution < 1.29 is 43.9 Å². The maximum atomic E-state index is 10.1. The molecule has 1 atom stereocenters. The summed E-state index contributed by atoms with van der Waals surface area (Å²) in [5.41, 5.74) is 0. The van der Waals surface area contributed by atoms with E-state index in [9.17, 15) is 4.89 Å². The second kappa shape index (κ2) is 13.3. The van der Waals surface area contributed by atoms with Crippen LogP contribution in [-0.4, -0.2) is 11.5 Å². The Hall–Kier alpha value is 1.31. The first-order valence-electron chi connectivity index (χ1n) is 4.56. The summed E-state index contributed by atoms with van der Waals surface area (Å²) >= 11 is 0. The van der Waals surface area contributed by atoms with Crippen LogP contribution < -0.4 is 34.5 Å². The van der Waals surface area contributed by atoms with E-state index in [1.807, 2.05) is 0 Å². The van der Waals surface area contributed by atoms with Crippen molar-refractivity contribution in [3.8, 4) is 0 Å². The van der Waals surface area contributed by atoms with E-state index in [0.717, 1.165) is 12.8 Å². The zero-order chi connectivity index (χ0) is 9.23. The molecule has 0 radical (unpaired) electrons. The van der Waals surface area contributed by atoms with Gasteiger partial charge in [-0.1, -0.05) is 39.0 Å². The summed E-state index contributed by atoms with van der Waals surface area (Å²) in [5, 5.41) is 0. The van der Waals surface area contributed by atoms with Gasteiger partial charge in [0.15, 0.2) is 0 Å². The van der Waals surface area contributed by atoms with Gasteiger partial charge in [0, 0.05) is 0 Å². The van der Waals surface area contributed by atoms with Gasteiger partial charge < -0.3 is 14.3 Å². The molecule has 0 spiro atoms. The number of unbranched alkanes of at least 4 members (excludes halogenated alkanes) is 5. The van der Waals surface area contributed by atoms with E-state index in [0.29, 0.717) is 6.61 Å². The van der Waals surface area contributed by atoms with Crippen LogP contribution in [0.4, 0.5) is 0 Å². The molecule has 0 rings (SSSR count). The SMILES string of the molecule is CCCCCCCCOP([O-])O.[Na+].